The summed E-state index contributed by atoms with van der Waals surface area (Å²) in [5.41, 5.74) is 7.34. The molecule has 0 aromatic heterocycles. The van der Waals surface area contributed by atoms with Gasteiger partial charge in [0.25, 0.3) is 5.91 Å². The van der Waals surface area contributed by atoms with Crippen molar-refractivity contribution < 1.29 is 14.3 Å². The highest BCUT2D eigenvalue weighted by atomic mass is 35.5. The number of amides is 1. The molecule has 0 saturated heterocycles. The van der Waals surface area contributed by atoms with E-state index in [1.165, 1.54) is 0 Å². The molecule has 1 aliphatic rings. The maximum absolute atomic E-state index is 11.8. The molecule has 7 heteroatoms. The Labute approximate surface area is 160 Å². The maximum atomic E-state index is 11.8. The molecule has 0 bridgehead atoms. The highest BCUT2D eigenvalue weighted by Gasteiger charge is 2.20. The fraction of sp³-hybridized carbons (Fsp3) is 0.158. The average molecular weight is 389 g/mol. The first-order chi connectivity index (χ1) is 12.5. The molecule has 26 heavy (non-hydrogen) atoms. The smallest absolute Gasteiger partial charge is 0.286 e. The van der Waals surface area contributed by atoms with E-state index in [1.54, 1.807) is 24.3 Å². The van der Waals surface area contributed by atoms with Crippen LogP contribution in [0.2, 0.25) is 5.02 Å². The summed E-state index contributed by atoms with van der Waals surface area (Å²) >= 11 is 7.20. The van der Waals surface area contributed by atoms with Gasteiger partial charge in [0.15, 0.2) is 5.17 Å². The molecule has 2 N–H and O–H groups in total. The number of nitrogens with two attached hydrogens (primary N) is 1. The van der Waals surface area contributed by atoms with Crippen molar-refractivity contribution in [3.8, 4) is 11.5 Å². The minimum atomic E-state index is -0.360. The van der Waals surface area contributed by atoms with Gasteiger partial charge in [0.2, 0.25) is 0 Å². The Balaban J connectivity index is 1.66. The van der Waals surface area contributed by atoms with Crippen LogP contribution in [-0.2, 0) is 4.79 Å². The Morgan fingerprint density at radius 3 is 2.58 bits per heavy atom. The monoisotopic (exact) mass is 388 g/mol. The second kappa shape index (κ2) is 8.29. The lowest BCUT2D eigenvalue weighted by Gasteiger charge is -2.12. The number of benzene rings is 2. The third kappa shape index (κ3) is 4.59. The van der Waals surface area contributed by atoms with Gasteiger partial charge in [-0.3, -0.25) is 4.79 Å². The predicted octanol–water partition coefficient (Wildman–Crippen LogP) is 4.04. The van der Waals surface area contributed by atoms with Crippen molar-refractivity contribution >= 4 is 40.5 Å². The number of carbonyl (C=O) groups is 1. The number of halogens is 1. The van der Waals surface area contributed by atoms with Gasteiger partial charge < -0.3 is 15.2 Å². The molecule has 0 spiro atoms. The van der Waals surface area contributed by atoms with E-state index in [-0.39, 0.29) is 11.1 Å². The summed E-state index contributed by atoms with van der Waals surface area (Å²) in [4.78, 5) is 15.9. The van der Waals surface area contributed by atoms with E-state index in [4.69, 9.17) is 26.8 Å². The zero-order chi connectivity index (χ0) is 18.5. The largest absolute Gasteiger partial charge is 0.490 e. The van der Waals surface area contributed by atoms with Gasteiger partial charge in [-0.05, 0) is 54.6 Å². The number of para-hydroxylation sites is 1. The minimum absolute atomic E-state index is 0.234. The Morgan fingerprint density at radius 2 is 1.88 bits per heavy atom. The summed E-state index contributed by atoms with van der Waals surface area (Å²) in [6.45, 7) is 2.74. The van der Waals surface area contributed by atoms with E-state index >= 15 is 0 Å². The van der Waals surface area contributed by atoms with E-state index in [9.17, 15) is 4.79 Å². The normalized spacial score (nSPS) is 15.2. The number of thioether (sulfide) groups is 1. The van der Waals surface area contributed by atoms with Crippen LogP contribution in [0.3, 0.4) is 0 Å². The van der Waals surface area contributed by atoms with E-state index in [0.29, 0.717) is 34.5 Å². The predicted molar refractivity (Wildman–Crippen MR) is 106 cm³/mol. The van der Waals surface area contributed by atoms with Gasteiger partial charge in [0.1, 0.15) is 24.7 Å². The molecule has 3 rings (SSSR count). The quantitative estimate of drug-likeness (QED) is 0.597. The lowest BCUT2D eigenvalue weighted by molar-refractivity contribution is -0.113. The Morgan fingerprint density at radius 1 is 1.15 bits per heavy atom. The zero-order valence-electron chi connectivity index (χ0n) is 14.1. The number of aryl methyl sites for hydroxylation is 1. The first-order valence-corrected chi connectivity index (χ1v) is 9.11. The molecule has 2 aromatic carbocycles. The number of aliphatic imine (C=N–C) groups is 1. The second-order valence-corrected chi connectivity index (χ2v) is 7.01. The molecular weight excluding hydrogens is 372 g/mol. The second-order valence-electron chi connectivity index (χ2n) is 5.51. The van der Waals surface area contributed by atoms with E-state index < -0.39 is 0 Å². The summed E-state index contributed by atoms with van der Waals surface area (Å²) in [6.07, 6.45) is 1.68. The molecule has 0 atom stereocenters. The Kier molecular flexibility index (Phi) is 5.85. The summed E-state index contributed by atoms with van der Waals surface area (Å²) in [5.74, 6) is 1.07. The fourth-order valence-electron chi connectivity index (χ4n) is 2.35. The van der Waals surface area contributed by atoms with Gasteiger partial charge in [0.05, 0.1) is 4.91 Å². The summed E-state index contributed by atoms with van der Waals surface area (Å²) < 4.78 is 11.5. The number of ether oxygens (including phenoxy) is 2. The summed E-state index contributed by atoms with van der Waals surface area (Å²) in [6, 6.07) is 13.0. The van der Waals surface area contributed by atoms with Crippen LogP contribution in [-0.4, -0.2) is 24.3 Å². The summed E-state index contributed by atoms with van der Waals surface area (Å²) in [7, 11) is 0. The standard InChI is InChI=1S/C19H17ClN2O3S/c1-12-4-2-3-5-15(12)24-8-9-25-16-7-6-14(20)10-13(16)11-17-18(23)22-19(21)26-17/h2-7,10-11H,8-9H2,1H3,(H2,21,22,23)/b17-11+. The van der Waals surface area contributed by atoms with Crippen molar-refractivity contribution in [1.29, 1.82) is 0 Å². The van der Waals surface area contributed by atoms with Crippen molar-refractivity contribution in [2.24, 2.45) is 10.7 Å². The number of hydrogen-bond acceptors (Lipinski definition) is 5. The van der Waals surface area contributed by atoms with Crippen LogP contribution in [0, 0.1) is 6.92 Å². The van der Waals surface area contributed by atoms with Gasteiger partial charge >= 0.3 is 0 Å². The lowest BCUT2D eigenvalue weighted by atomic mass is 10.2. The number of amidine groups is 1. The van der Waals surface area contributed by atoms with E-state index in [2.05, 4.69) is 4.99 Å². The molecule has 134 valence electrons. The highest BCUT2D eigenvalue weighted by molar-refractivity contribution is 8.18. The van der Waals surface area contributed by atoms with E-state index in [0.717, 1.165) is 23.1 Å². The van der Waals surface area contributed by atoms with E-state index in [1.807, 2.05) is 31.2 Å². The average Bonchev–Trinajstić information content (AvgIpc) is 2.92. The van der Waals surface area contributed by atoms with Crippen LogP contribution in [0.25, 0.3) is 6.08 Å². The van der Waals surface area contributed by atoms with Crippen LogP contribution < -0.4 is 15.2 Å². The molecule has 0 aliphatic carbocycles. The van der Waals surface area contributed by atoms with Crippen LogP contribution >= 0.6 is 23.4 Å². The summed E-state index contributed by atoms with van der Waals surface area (Å²) in [5, 5.41) is 0.780. The zero-order valence-corrected chi connectivity index (χ0v) is 15.6. The van der Waals surface area contributed by atoms with Gasteiger partial charge in [-0.2, -0.15) is 4.99 Å². The van der Waals surface area contributed by atoms with Crippen LogP contribution in [0.5, 0.6) is 11.5 Å². The molecule has 1 aliphatic heterocycles. The molecule has 2 aromatic rings. The molecule has 1 amide bonds. The topological polar surface area (TPSA) is 73.9 Å². The lowest BCUT2D eigenvalue weighted by Crippen LogP contribution is -2.10. The maximum Gasteiger partial charge on any atom is 0.286 e. The van der Waals surface area contributed by atoms with Crippen molar-refractivity contribution in [2.45, 2.75) is 6.92 Å². The molecule has 0 fully saturated rings. The van der Waals surface area contributed by atoms with Crippen LogP contribution in [0.15, 0.2) is 52.4 Å². The first kappa shape index (κ1) is 18.4. The molecular formula is C19H17ClN2O3S. The third-order valence-corrected chi connectivity index (χ3v) is 4.64. The fourth-order valence-corrected chi connectivity index (χ4v) is 3.21. The molecule has 0 saturated carbocycles. The number of rotatable bonds is 6. The van der Waals surface area contributed by atoms with Crippen molar-refractivity contribution in [1.82, 2.24) is 0 Å². The van der Waals surface area contributed by atoms with Crippen molar-refractivity contribution in [3.05, 3.63) is 63.5 Å². The van der Waals surface area contributed by atoms with Gasteiger partial charge in [-0.15, -0.1) is 0 Å². The number of hydrogen-bond donors (Lipinski definition) is 1. The Bertz CT molecular complexity index is 896. The molecule has 5 nitrogen and oxygen atoms in total. The highest BCUT2D eigenvalue weighted by Crippen LogP contribution is 2.31. The molecule has 0 radical (unpaired) electrons. The third-order valence-electron chi connectivity index (χ3n) is 3.59. The van der Waals surface area contributed by atoms with Crippen molar-refractivity contribution in [3.63, 3.8) is 0 Å². The van der Waals surface area contributed by atoms with Gasteiger partial charge in [-0.25, -0.2) is 0 Å². The van der Waals surface area contributed by atoms with Gasteiger partial charge in [-0.1, -0.05) is 29.8 Å². The van der Waals surface area contributed by atoms with Crippen molar-refractivity contribution in [2.75, 3.05) is 13.2 Å². The molecule has 0 unspecified atom stereocenters. The first-order valence-electron chi connectivity index (χ1n) is 7.92. The van der Waals surface area contributed by atoms with Crippen LogP contribution in [0.1, 0.15) is 11.1 Å². The Hall–Kier alpha value is -2.44. The number of carbonyl (C=O) groups excluding carboxylic acids is 1. The van der Waals surface area contributed by atoms with Gasteiger partial charge in [0, 0.05) is 10.6 Å². The number of nitrogens with zero attached hydrogens (tertiary/aromatic N) is 1. The van der Waals surface area contributed by atoms with Crippen LogP contribution in [0.4, 0.5) is 0 Å². The molecule has 1 heterocycles. The minimum Gasteiger partial charge on any atom is -0.490 e. The SMILES string of the molecule is Cc1ccccc1OCCOc1ccc(Cl)cc1/C=C1/SC(N)=NC1=O.